The minimum atomic E-state index is -0.116. The minimum absolute atomic E-state index is 0.116. The van der Waals surface area contributed by atoms with Gasteiger partial charge in [0, 0.05) is 17.2 Å². The number of phenolic OH excluding ortho intramolecular Hbond substituents is 1. The average molecular weight is 347 g/mol. The smallest absolute Gasteiger partial charge is 0.123 e. The second kappa shape index (κ2) is 8.73. The molecule has 0 fully saturated rings. The molecule has 2 N–H and O–H groups in total. The molecule has 0 aromatic heterocycles. The van der Waals surface area contributed by atoms with E-state index < -0.39 is 0 Å². The highest BCUT2D eigenvalue weighted by Gasteiger charge is 2.26. The van der Waals surface area contributed by atoms with Gasteiger partial charge in [0.1, 0.15) is 5.75 Å². The maximum absolute atomic E-state index is 10.8. The van der Waals surface area contributed by atoms with Gasteiger partial charge in [-0.15, -0.1) is 0 Å². The van der Waals surface area contributed by atoms with E-state index in [9.17, 15) is 5.11 Å². The maximum atomic E-state index is 10.8. The summed E-state index contributed by atoms with van der Waals surface area (Å²) in [4.78, 5) is 0. The van der Waals surface area contributed by atoms with E-state index in [2.05, 4.69) is 78.0 Å². The van der Waals surface area contributed by atoms with Crippen LogP contribution in [0.1, 0.15) is 97.8 Å². The topological polar surface area (TPSA) is 44.6 Å². The number of aromatic hydroxyl groups is 1. The highest BCUT2D eigenvalue weighted by molar-refractivity contribution is 5.81. The molecule has 0 bridgehead atoms. The number of benzene rings is 1. The Kier molecular flexibility index (Phi) is 7.52. The lowest BCUT2D eigenvalue weighted by Crippen LogP contribution is -2.21. The molecule has 1 aromatic carbocycles. The molecule has 0 heterocycles. The summed E-state index contributed by atoms with van der Waals surface area (Å²) in [7, 11) is 0. The van der Waals surface area contributed by atoms with Crippen molar-refractivity contribution in [3.8, 4) is 5.75 Å². The third kappa shape index (κ3) is 6.72. The molecule has 1 atom stereocenters. The van der Waals surface area contributed by atoms with Crippen LogP contribution in [0.3, 0.4) is 0 Å². The summed E-state index contributed by atoms with van der Waals surface area (Å²) in [5.41, 5.74) is 5.96. The Balaban J connectivity index is 3.02. The van der Waals surface area contributed by atoms with Gasteiger partial charge in [0.2, 0.25) is 0 Å². The fourth-order valence-corrected chi connectivity index (χ4v) is 2.88. The van der Waals surface area contributed by atoms with Gasteiger partial charge in [-0.3, -0.25) is 0 Å². The summed E-state index contributed by atoms with van der Waals surface area (Å²) in [5.74, 6) is 0.415. The van der Waals surface area contributed by atoms with Crippen LogP contribution in [0.2, 0.25) is 0 Å². The van der Waals surface area contributed by atoms with Crippen molar-refractivity contribution in [3.63, 3.8) is 0 Å². The van der Waals surface area contributed by atoms with Crippen LogP contribution in [0, 0.1) is 0 Å². The first kappa shape index (κ1) is 21.5. The number of rotatable bonds is 7. The van der Waals surface area contributed by atoms with Gasteiger partial charge in [0.15, 0.2) is 0 Å². The van der Waals surface area contributed by atoms with Crippen LogP contribution >= 0.6 is 0 Å². The van der Waals surface area contributed by atoms with Gasteiger partial charge in [-0.05, 0) is 41.9 Å². The van der Waals surface area contributed by atoms with Crippen molar-refractivity contribution >= 4 is 6.21 Å². The van der Waals surface area contributed by atoms with E-state index >= 15 is 0 Å². The molecule has 0 aliphatic heterocycles. The normalized spacial score (nSPS) is 14.1. The molecule has 3 heteroatoms. The highest BCUT2D eigenvalue weighted by atomic mass is 16.3. The number of hydrogen-bond acceptors (Lipinski definition) is 3. The molecule has 1 unspecified atom stereocenters. The van der Waals surface area contributed by atoms with Gasteiger partial charge >= 0.3 is 0 Å². The van der Waals surface area contributed by atoms with Crippen LogP contribution in [0.4, 0.5) is 0 Å². The molecule has 1 aromatic rings. The predicted octanol–water partition coefficient (Wildman–Crippen LogP) is 5.88. The van der Waals surface area contributed by atoms with Crippen molar-refractivity contribution in [2.45, 2.75) is 97.9 Å². The highest BCUT2D eigenvalue weighted by Crippen LogP contribution is 2.39. The van der Waals surface area contributed by atoms with E-state index in [4.69, 9.17) is 0 Å². The Morgan fingerprint density at radius 1 is 1.04 bits per heavy atom. The summed E-state index contributed by atoms with van der Waals surface area (Å²) in [6, 6.07) is 4.48. The van der Waals surface area contributed by atoms with Gasteiger partial charge < -0.3 is 10.5 Å². The first-order chi connectivity index (χ1) is 11.5. The van der Waals surface area contributed by atoms with E-state index in [1.54, 1.807) is 0 Å². The van der Waals surface area contributed by atoms with Gasteiger partial charge in [0.05, 0.1) is 6.21 Å². The first-order valence-electron chi connectivity index (χ1n) is 9.63. The van der Waals surface area contributed by atoms with Crippen LogP contribution in [0.15, 0.2) is 17.2 Å². The summed E-state index contributed by atoms with van der Waals surface area (Å²) >= 11 is 0. The lowest BCUT2D eigenvalue weighted by Gasteiger charge is -2.27. The molecule has 3 nitrogen and oxygen atoms in total. The fourth-order valence-electron chi connectivity index (χ4n) is 2.88. The first-order valence-corrected chi connectivity index (χ1v) is 9.63. The largest absolute Gasteiger partial charge is 0.507 e. The molecular weight excluding hydrogens is 308 g/mol. The van der Waals surface area contributed by atoms with Crippen LogP contribution in [0.25, 0.3) is 0 Å². The summed E-state index contributed by atoms with van der Waals surface area (Å²) in [6.45, 7) is 17.2. The molecule has 0 aliphatic carbocycles. The quantitative estimate of drug-likeness (QED) is 0.368. The molecule has 142 valence electrons. The Hall–Kier alpha value is -1.51. The van der Waals surface area contributed by atoms with E-state index in [1.165, 1.54) is 19.3 Å². The zero-order valence-corrected chi connectivity index (χ0v) is 17.5. The zero-order valence-electron chi connectivity index (χ0n) is 17.5. The second-order valence-electron chi connectivity index (χ2n) is 9.25. The van der Waals surface area contributed by atoms with Crippen molar-refractivity contribution in [2.75, 3.05) is 0 Å². The zero-order chi connectivity index (χ0) is 19.3. The Labute approximate surface area is 154 Å². The van der Waals surface area contributed by atoms with Crippen molar-refractivity contribution in [3.05, 3.63) is 28.8 Å². The monoisotopic (exact) mass is 346 g/mol. The molecule has 0 saturated heterocycles. The number of unbranched alkanes of at least 4 members (excludes halogenated alkanes) is 2. The molecule has 0 saturated carbocycles. The van der Waals surface area contributed by atoms with E-state index in [1.807, 2.05) is 6.21 Å². The minimum Gasteiger partial charge on any atom is -0.507 e. The van der Waals surface area contributed by atoms with Crippen molar-refractivity contribution < 1.29 is 5.11 Å². The second-order valence-corrected chi connectivity index (χ2v) is 9.25. The van der Waals surface area contributed by atoms with Crippen molar-refractivity contribution in [2.24, 2.45) is 5.10 Å². The third-order valence-electron chi connectivity index (χ3n) is 4.50. The lowest BCUT2D eigenvalue weighted by molar-refractivity contribution is 0.423. The number of nitrogens with one attached hydrogen (secondary N) is 1. The number of nitrogens with zero attached hydrogens (tertiary/aromatic N) is 1. The van der Waals surface area contributed by atoms with Crippen LogP contribution in [-0.4, -0.2) is 17.4 Å². The molecule has 0 aliphatic rings. The SMILES string of the molecule is CCCCCC(C)N/N=C/c1cc(C(C)(C)C)c(O)c(C(C)(C)C)c1. The summed E-state index contributed by atoms with van der Waals surface area (Å²) in [5, 5.41) is 15.2. The van der Waals surface area contributed by atoms with Gasteiger partial charge in [-0.1, -0.05) is 67.7 Å². The third-order valence-corrected chi connectivity index (χ3v) is 4.50. The average Bonchev–Trinajstić information content (AvgIpc) is 2.46. The Morgan fingerprint density at radius 3 is 2.00 bits per heavy atom. The predicted molar refractivity (Wildman–Crippen MR) is 110 cm³/mol. The van der Waals surface area contributed by atoms with Crippen molar-refractivity contribution in [1.29, 1.82) is 0 Å². The molecule has 0 radical (unpaired) electrons. The van der Waals surface area contributed by atoms with Crippen LogP contribution < -0.4 is 5.43 Å². The lowest BCUT2D eigenvalue weighted by atomic mass is 9.78. The molecular formula is C22H38N2O. The molecule has 1 rings (SSSR count). The number of phenols is 1. The molecule has 25 heavy (non-hydrogen) atoms. The van der Waals surface area contributed by atoms with Crippen LogP contribution in [0.5, 0.6) is 5.75 Å². The number of hydrogen-bond donors (Lipinski definition) is 2. The standard InChI is InChI=1S/C22H38N2O/c1-9-10-11-12-16(2)24-23-15-17-13-18(21(3,4)5)20(25)19(14-17)22(6,7)8/h13-16,24-25H,9-12H2,1-8H3/b23-15+. The summed E-state index contributed by atoms with van der Waals surface area (Å²) < 4.78 is 0. The van der Waals surface area contributed by atoms with E-state index in [0.29, 0.717) is 11.8 Å². The number of hydrazone groups is 1. The summed E-state index contributed by atoms with van der Waals surface area (Å²) in [6.07, 6.45) is 6.77. The van der Waals surface area contributed by atoms with E-state index in [-0.39, 0.29) is 10.8 Å². The van der Waals surface area contributed by atoms with E-state index in [0.717, 1.165) is 23.1 Å². The maximum Gasteiger partial charge on any atom is 0.123 e. The Bertz CT molecular complexity index is 542. The van der Waals surface area contributed by atoms with Gasteiger partial charge in [-0.25, -0.2) is 0 Å². The van der Waals surface area contributed by atoms with Gasteiger partial charge in [0.25, 0.3) is 0 Å². The Morgan fingerprint density at radius 2 is 1.56 bits per heavy atom. The fraction of sp³-hybridized carbons (Fsp3) is 0.682. The van der Waals surface area contributed by atoms with Crippen LogP contribution in [-0.2, 0) is 10.8 Å². The van der Waals surface area contributed by atoms with Gasteiger partial charge in [-0.2, -0.15) is 5.10 Å². The van der Waals surface area contributed by atoms with Crippen molar-refractivity contribution in [1.82, 2.24) is 5.43 Å². The molecule has 0 spiro atoms. The molecule has 0 amide bonds.